The Balaban J connectivity index is 1.68. The van der Waals surface area contributed by atoms with Crippen LogP contribution in [0.1, 0.15) is 35.8 Å². The van der Waals surface area contributed by atoms with Crippen LogP contribution in [0.2, 0.25) is 0 Å². The third-order valence-corrected chi connectivity index (χ3v) is 6.43. The van der Waals surface area contributed by atoms with Gasteiger partial charge in [-0.05, 0) is 47.6 Å². The molecule has 0 saturated heterocycles. The number of fused-ring (bicyclic) bond motifs is 3. The van der Waals surface area contributed by atoms with Gasteiger partial charge in [0, 0.05) is 18.9 Å². The molecule has 19 heavy (non-hydrogen) atoms. The van der Waals surface area contributed by atoms with Crippen LogP contribution < -0.4 is 0 Å². The first-order valence-corrected chi connectivity index (χ1v) is 7.70. The predicted octanol–water partition coefficient (Wildman–Crippen LogP) is 3.72. The molecule has 0 radical (unpaired) electrons. The van der Waals surface area contributed by atoms with Crippen LogP contribution in [0, 0.1) is 23.7 Å². The van der Waals surface area contributed by atoms with Crippen molar-refractivity contribution in [3.05, 3.63) is 47.5 Å². The minimum absolute atomic E-state index is 0.465. The smallest absolute Gasteiger partial charge is 0.0702 e. The van der Waals surface area contributed by atoms with Gasteiger partial charge in [0.1, 0.15) is 0 Å². The van der Waals surface area contributed by atoms with E-state index >= 15 is 0 Å². The molecule has 2 saturated carbocycles. The van der Waals surface area contributed by atoms with Crippen LogP contribution in [-0.2, 0) is 4.74 Å². The summed E-state index contributed by atoms with van der Waals surface area (Å²) < 4.78 is 5.85. The van der Waals surface area contributed by atoms with Crippen molar-refractivity contribution in [3.63, 3.8) is 0 Å². The number of rotatable bonds is 1. The normalized spacial score (nSPS) is 48.4. The van der Waals surface area contributed by atoms with E-state index in [1.54, 1.807) is 11.1 Å². The first-order chi connectivity index (χ1) is 9.40. The minimum Gasteiger partial charge on any atom is -0.380 e. The molecule has 6 atom stereocenters. The Morgan fingerprint density at radius 2 is 1.42 bits per heavy atom. The first-order valence-electron chi connectivity index (χ1n) is 7.70. The van der Waals surface area contributed by atoms with Crippen LogP contribution in [0.25, 0.3) is 0 Å². The van der Waals surface area contributed by atoms with E-state index in [1.807, 2.05) is 7.11 Å². The molecule has 0 spiro atoms. The lowest BCUT2D eigenvalue weighted by atomic mass is 9.54. The van der Waals surface area contributed by atoms with E-state index in [-0.39, 0.29) is 0 Å². The van der Waals surface area contributed by atoms with Crippen LogP contribution in [0.3, 0.4) is 0 Å². The van der Waals surface area contributed by atoms with Gasteiger partial charge in [-0.1, -0.05) is 36.4 Å². The lowest BCUT2D eigenvalue weighted by Crippen LogP contribution is -2.40. The van der Waals surface area contributed by atoms with Gasteiger partial charge in [-0.15, -0.1) is 0 Å². The summed E-state index contributed by atoms with van der Waals surface area (Å²) >= 11 is 0. The molecule has 98 valence electrons. The summed E-state index contributed by atoms with van der Waals surface area (Å²) in [6, 6.07) is 9.23. The summed E-state index contributed by atoms with van der Waals surface area (Å²) in [7, 11) is 1.91. The minimum atomic E-state index is 0.465. The molecule has 1 aromatic rings. The molecule has 0 aromatic heterocycles. The Morgan fingerprint density at radius 3 is 1.89 bits per heavy atom. The van der Waals surface area contributed by atoms with Crippen LogP contribution in [0.15, 0.2) is 36.4 Å². The van der Waals surface area contributed by atoms with Crippen molar-refractivity contribution in [2.24, 2.45) is 23.7 Å². The Hall–Kier alpha value is -1.08. The Labute approximate surface area is 114 Å². The predicted molar refractivity (Wildman–Crippen MR) is 75.1 cm³/mol. The van der Waals surface area contributed by atoms with E-state index in [0.717, 1.165) is 23.7 Å². The molecule has 1 heteroatoms. The Bertz CT molecular complexity index is 514. The molecule has 1 aromatic carbocycles. The first kappa shape index (κ1) is 10.7. The van der Waals surface area contributed by atoms with E-state index < -0.39 is 0 Å². The van der Waals surface area contributed by atoms with Crippen molar-refractivity contribution in [2.75, 3.05) is 7.11 Å². The highest BCUT2D eigenvalue weighted by atomic mass is 16.5. The maximum atomic E-state index is 5.85. The van der Waals surface area contributed by atoms with E-state index in [4.69, 9.17) is 4.74 Å². The highest BCUT2D eigenvalue weighted by Gasteiger charge is 2.61. The van der Waals surface area contributed by atoms with Gasteiger partial charge in [0.05, 0.1) is 6.10 Å². The van der Waals surface area contributed by atoms with Gasteiger partial charge in [-0.25, -0.2) is 0 Å². The van der Waals surface area contributed by atoms with Gasteiger partial charge < -0.3 is 4.74 Å². The van der Waals surface area contributed by atoms with E-state index in [0.29, 0.717) is 17.9 Å². The number of hydrogen-bond donors (Lipinski definition) is 0. The molecule has 0 aliphatic heterocycles. The molecule has 0 amide bonds. The zero-order valence-corrected chi connectivity index (χ0v) is 11.3. The summed E-state index contributed by atoms with van der Waals surface area (Å²) in [6.45, 7) is 0. The fraction of sp³-hybridized carbons (Fsp3) is 0.556. The standard InChI is InChI=1S/C18H20O/c1-19-18-14-8-9-15(18)17-13-7-6-12(16(14)17)10-4-2-3-5-11(10)13/h2-5,8-9,12-18H,6-7H2,1H3/t12-,13-,14+,15+,16-,17-/m1/s1. The van der Waals surface area contributed by atoms with Gasteiger partial charge in [0.15, 0.2) is 0 Å². The molecular weight excluding hydrogens is 232 g/mol. The lowest BCUT2D eigenvalue weighted by Gasteiger charge is -2.50. The summed E-state index contributed by atoms with van der Waals surface area (Å²) in [5.41, 5.74) is 3.33. The summed E-state index contributed by atoms with van der Waals surface area (Å²) in [4.78, 5) is 0. The number of methoxy groups -OCH3 is 1. The second-order valence-electron chi connectivity index (χ2n) is 6.81. The van der Waals surface area contributed by atoms with Crippen molar-refractivity contribution in [1.82, 2.24) is 0 Å². The Kier molecular flexibility index (Phi) is 1.98. The van der Waals surface area contributed by atoms with Gasteiger partial charge in [-0.3, -0.25) is 0 Å². The van der Waals surface area contributed by atoms with Gasteiger partial charge in [-0.2, -0.15) is 0 Å². The molecule has 5 aliphatic rings. The average Bonchev–Trinajstić information content (AvgIpc) is 3.04. The van der Waals surface area contributed by atoms with Crippen molar-refractivity contribution in [1.29, 1.82) is 0 Å². The van der Waals surface area contributed by atoms with Crippen molar-refractivity contribution >= 4 is 0 Å². The zero-order chi connectivity index (χ0) is 12.6. The molecular formula is C18H20O. The SMILES string of the molecule is COC1[C@H]2C=C[C@H]1[C@@H]1[C@@H]2[C@@H]2CC[C@@H]1c1ccccc12. The monoisotopic (exact) mass is 252 g/mol. The molecule has 6 rings (SSSR count). The van der Waals surface area contributed by atoms with Crippen LogP contribution in [-0.4, -0.2) is 13.2 Å². The highest BCUT2D eigenvalue weighted by Crippen LogP contribution is 2.67. The van der Waals surface area contributed by atoms with Crippen molar-refractivity contribution in [3.8, 4) is 0 Å². The molecule has 0 heterocycles. The van der Waals surface area contributed by atoms with E-state index in [2.05, 4.69) is 36.4 Å². The Morgan fingerprint density at radius 1 is 0.895 bits per heavy atom. The third-order valence-electron chi connectivity index (χ3n) is 6.43. The summed E-state index contributed by atoms with van der Waals surface area (Å²) in [5.74, 6) is 4.66. The van der Waals surface area contributed by atoms with Crippen molar-refractivity contribution in [2.45, 2.75) is 30.8 Å². The van der Waals surface area contributed by atoms with E-state index in [9.17, 15) is 0 Å². The zero-order valence-electron chi connectivity index (χ0n) is 11.3. The molecule has 5 aliphatic carbocycles. The van der Waals surface area contributed by atoms with Crippen molar-refractivity contribution < 1.29 is 4.74 Å². The fourth-order valence-electron chi connectivity index (χ4n) is 5.98. The van der Waals surface area contributed by atoms with Gasteiger partial charge in [0.2, 0.25) is 0 Å². The van der Waals surface area contributed by atoms with Crippen LogP contribution in [0.4, 0.5) is 0 Å². The molecule has 0 N–H and O–H groups in total. The summed E-state index contributed by atoms with van der Waals surface area (Å²) in [6.07, 6.45) is 8.19. The van der Waals surface area contributed by atoms with Gasteiger partial charge >= 0.3 is 0 Å². The second kappa shape index (κ2) is 3.52. The number of benzene rings is 1. The topological polar surface area (TPSA) is 9.23 Å². The quantitative estimate of drug-likeness (QED) is 0.692. The number of hydrogen-bond acceptors (Lipinski definition) is 1. The van der Waals surface area contributed by atoms with Crippen LogP contribution >= 0.6 is 0 Å². The maximum Gasteiger partial charge on any atom is 0.0702 e. The summed E-state index contributed by atoms with van der Waals surface area (Å²) in [5, 5.41) is 0. The largest absolute Gasteiger partial charge is 0.380 e. The van der Waals surface area contributed by atoms with Crippen LogP contribution in [0.5, 0.6) is 0 Å². The number of ether oxygens (including phenoxy) is 1. The fourth-order valence-corrected chi connectivity index (χ4v) is 5.98. The lowest BCUT2D eigenvalue weighted by molar-refractivity contribution is 0.0653. The maximum absolute atomic E-state index is 5.85. The highest BCUT2D eigenvalue weighted by molar-refractivity contribution is 5.43. The van der Waals surface area contributed by atoms with Gasteiger partial charge in [0.25, 0.3) is 0 Å². The van der Waals surface area contributed by atoms with E-state index in [1.165, 1.54) is 12.8 Å². The molecule has 2 fully saturated rings. The average molecular weight is 252 g/mol. The molecule has 0 unspecified atom stereocenters. The third kappa shape index (κ3) is 1.12. The molecule has 4 bridgehead atoms. The second-order valence-corrected chi connectivity index (χ2v) is 6.81. The molecule has 1 nitrogen and oxygen atoms in total.